The van der Waals surface area contributed by atoms with Crippen molar-refractivity contribution >= 4 is 50.5 Å². The number of nitrogens with one attached hydrogen (secondary N) is 3. The minimum Gasteiger partial charge on any atom is -0.493 e. The third-order valence-electron chi connectivity index (χ3n) is 5.74. The van der Waals surface area contributed by atoms with Gasteiger partial charge in [0.15, 0.2) is 11.5 Å². The van der Waals surface area contributed by atoms with Gasteiger partial charge in [0.25, 0.3) is 5.91 Å². The van der Waals surface area contributed by atoms with Crippen molar-refractivity contribution in [1.82, 2.24) is 25.4 Å². The number of aromatic nitrogens is 4. The number of anilines is 1. The number of ether oxygens (including phenoxy) is 2. The summed E-state index contributed by atoms with van der Waals surface area (Å²) in [7, 11) is 1.53. The highest BCUT2D eigenvalue weighted by molar-refractivity contribution is 9.10. The average Bonchev–Trinajstić information content (AvgIpc) is 3.60. The van der Waals surface area contributed by atoms with Gasteiger partial charge in [-0.25, -0.2) is 10.1 Å². The molecule has 3 N–H and O–H groups in total. The minimum atomic E-state index is -0.349. The maximum Gasteiger partial charge on any atom is 0.287 e. The van der Waals surface area contributed by atoms with Crippen molar-refractivity contribution in [3.8, 4) is 11.5 Å². The Bertz CT molecular complexity index is 1640. The quantitative estimate of drug-likeness (QED) is 0.159. The molecule has 0 saturated heterocycles. The molecule has 0 atom stereocenters. The molecule has 5 aromatic rings. The third-order valence-corrected chi connectivity index (χ3v) is 6.27. The standard InChI is InChI=1S/C28H24BrN7O4/c1-39-26-12-18(14-30-34-28(38)24-13-19-4-2-3-5-23(19)32-24)6-11-25(26)40-17-22-15-36(35-33-22)16-27(37)31-21-9-7-20(29)8-10-21/h2-15,32H,16-17H2,1H3,(H,31,37)(H,34,38)/b30-14+. The molecule has 2 heterocycles. The zero-order valence-electron chi connectivity index (χ0n) is 21.3. The monoisotopic (exact) mass is 601 g/mol. The molecule has 202 valence electrons. The Morgan fingerprint density at radius 2 is 1.90 bits per heavy atom. The van der Waals surface area contributed by atoms with Crippen LogP contribution in [0.3, 0.4) is 0 Å². The van der Waals surface area contributed by atoms with Crippen LogP contribution < -0.4 is 20.2 Å². The smallest absolute Gasteiger partial charge is 0.287 e. The molecule has 0 aliphatic carbocycles. The number of carbonyl (C=O) groups is 2. The van der Waals surface area contributed by atoms with Gasteiger partial charge in [-0.3, -0.25) is 9.59 Å². The number of hydrazone groups is 1. The van der Waals surface area contributed by atoms with Crippen molar-refractivity contribution in [2.24, 2.45) is 5.10 Å². The predicted molar refractivity (Wildman–Crippen MR) is 153 cm³/mol. The van der Waals surface area contributed by atoms with Gasteiger partial charge in [0.2, 0.25) is 5.91 Å². The summed E-state index contributed by atoms with van der Waals surface area (Å²) in [6.07, 6.45) is 3.16. The van der Waals surface area contributed by atoms with E-state index in [0.717, 1.165) is 15.4 Å². The molecule has 3 aromatic carbocycles. The first-order valence-corrected chi connectivity index (χ1v) is 12.9. The van der Waals surface area contributed by atoms with Crippen LogP contribution in [0.2, 0.25) is 0 Å². The summed E-state index contributed by atoms with van der Waals surface area (Å²) in [4.78, 5) is 27.8. The Labute approximate surface area is 237 Å². The topological polar surface area (TPSA) is 136 Å². The molecular formula is C28H24BrN7O4. The molecule has 0 spiro atoms. The van der Waals surface area contributed by atoms with E-state index in [-0.39, 0.29) is 25.0 Å². The van der Waals surface area contributed by atoms with Crippen LogP contribution in [-0.2, 0) is 17.9 Å². The van der Waals surface area contributed by atoms with E-state index in [1.807, 2.05) is 36.4 Å². The van der Waals surface area contributed by atoms with Crippen LogP contribution in [0.5, 0.6) is 11.5 Å². The fourth-order valence-corrected chi connectivity index (χ4v) is 4.08. The second kappa shape index (κ2) is 12.3. The van der Waals surface area contributed by atoms with E-state index in [2.05, 4.69) is 47.1 Å². The van der Waals surface area contributed by atoms with E-state index in [1.165, 1.54) is 18.0 Å². The summed E-state index contributed by atoms with van der Waals surface area (Å²) in [6, 6.07) is 21.9. The Morgan fingerprint density at radius 1 is 1.07 bits per heavy atom. The van der Waals surface area contributed by atoms with Gasteiger partial charge in [-0.05, 0) is 60.2 Å². The highest BCUT2D eigenvalue weighted by Crippen LogP contribution is 2.28. The van der Waals surface area contributed by atoms with Gasteiger partial charge in [0.05, 0.1) is 19.5 Å². The third kappa shape index (κ3) is 6.72. The molecule has 11 nitrogen and oxygen atoms in total. The summed E-state index contributed by atoms with van der Waals surface area (Å²) in [5, 5.41) is 15.9. The lowest BCUT2D eigenvalue weighted by Gasteiger charge is -2.10. The number of carbonyl (C=O) groups excluding carboxylic acids is 2. The second-order valence-electron chi connectivity index (χ2n) is 8.63. The summed E-state index contributed by atoms with van der Waals surface area (Å²) >= 11 is 3.36. The Kier molecular flexibility index (Phi) is 8.16. The number of nitrogens with zero attached hydrogens (tertiary/aromatic N) is 4. The first kappa shape index (κ1) is 26.6. The number of amides is 2. The summed E-state index contributed by atoms with van der Waals surface area (Å²) < 4.78 is 13.7. The largest absolute Gasteiger partial charge is 0.493 e. The maximum absolute atomic E-state index is 12.4. The number of rotatable bonds is 10. The molecule has 2 amide bonds. The van der Waals surface area contributed by atoms with Gasteiger partial charge in [0, 0.05) is 21.1 Å². The summed E-state index contributed by atoms with van der Waals surface area (Å²) in [6.45, 7) is 0.135. The Morgan fingerprint density at radius 3 is 2.70 bits per heavy atom. The number of H-pyrrole nitrogens is 1. The first-order chi connectivity index (χ1) is 19.5. The number of fused-ring (bicyclic) bond motifs is 1. The van der Waals surface area contributed by atoms with Crippen LogP contribution in [0.4, 0.5) is 5.69 Å². The number of aromatic amines is 1. The highest BCUT2D eigenvalue weighted by atomic mass is 79.9. The van der Waals surface area contributed by atoms with Crippen molar-refractivity contribution < 1.29 is 19.1 Å². The molecule has 12 heteroatoms. The molecule has 0 aliphatic rings. The van der Waals surface area contributed by atoms with Gasteiger partial charge in [-0.1, -0.05) is 39.3 Å². The molecule has 0 aliphatic heterocycles. The van der Waals surface area contributed by atoms with Crippen molar-refractivity contribution in [2.45, 2.75) is 13.2 Å². The van der Waals surface area contributed by atoms with Crippen molar-refractivity contribution in [3.63, 3.8) is 0 Å². The van der Waals surface area contributed by atoms with E-state index in [1.54, 1.807) is 42.6 Å². The zero-order chi connectivity index (χ0) is 27.9. The van der Waals surface area contributed by atoms with Crippen molar-refractivity contribution in [1.29, 1.82) is 0 Å². The van der Waals surface area contributed by atoms with Crippen LogP contribution in [0, 0.1) is 0 Å². The zero-order valence-corrected chi connectivity index (χ0v) is 22.9. The van der Waals surface area contributed by atoms with Gasteiger partial charge in [-0.15, -0.1) is 5.10 Å². The minimum absolute atomic E-state index is 0.0111. The van der Waals surface area contributed by atoms with E-state index in [0.29, 0.717) is 34.1 Å². The number of halogens is 1. The SMILES string of the molecule is COc1cc(/C=N/NC(=O)c2cc3ccccc3[nH]2)ccc1OCc1cn(CC(=O)Nc2ccc(Br)cc2)nn1. The number of hydrogen-bond acceptors (Lipinski definition) is 7. The maximum atomic E-state index is 12.4. The number of benzene rings is 3. The summed E-state index contributed by atoms with van der Waals surface area (Å²) in [5.41, 5.74) is 5.74. The van der Waals surface area contributed by atoms with Gasteiger partial charge >= 0.3 is 0 Å². The lowest BCUT2D eigenvalue weighted by atomic mass is 10.2. The molecule has 0 bridgehead atoms. The average molecular weight is 602 g/mol. The molecule has 5 rings (SSSR count). The van der Waals surface area contributed by atoms with E-state index < -0.39 is 0 Å². The Hall–Kier alpha value is -4.97. The van der Waals surface area contributed by atoms with Crippen LogP contribution in [0.15, 0.2) is 88.6 Å². The normalized spacial score (nSPS) is 11.1. The van der Waals surface area contributed by atoms with Crippen LogP contribution in [0.25, 0.3) is 10.9 Å². The van der Waals surface area contributed by atoms with Gasteiger partial charge < -0.3 is 19.8 Å². The fraction of sp³-hybridized carbons (Fsp3) is 0.107. The molecule has 40 heavy (non-hydrogen) atoms. The molecule has 0 saturated carbocycles. The molecule has 0 fully saturated rings. The van der Waals surface area contributed by atoms with Crippen LogP contribution in [-0.4, -0.2) is 45.1 Å². The van der Waals surface area contributed by atoms with E-state index >= 15 is 0 Å². The Balaban J connectivity index is 1.13. The lowest BCUT2D eigenvalue weighted by Crippen LogP contribution is -2.19. The van der Waals surface area contributed by atoms with Crippen molar-refractivity contribution in [2.75, 3.05) is 12.4 Å². The fourth-order valence-electron chi connectivity index (χ4n) is 3.82. The first-order valence-electron chi connectivity index (χ1n) is 12.1. The van der Waals surface area contributed by atoms with Crippen LogP contribution in [0.1, 0.15) is 21.7 Å². The van der Waals surface area contributed by atoms with Crippen LogP contribution >= 0.6 is 15.9 Å². The van der Waals surface area contributed by atoms with Crippen molar-refractivity contribution in [3.05, 3.63) is 100 Å². The van der Waals surface area contributed by atoms with Gasteiger partial charge in [-0.2, -0.15) is 5.10 Å². The second-order valence-corrected chi connectivity index (χ2v) is 9.55. The van der Waals surface area contributed by atoms with E-state index in [4.69, 9.17) is 9.47 Å². The molecule has 0 unspecified atom stereocenters. The number of hydrogen-bond donors (Lipinski definition) is 3. The lowest BCUT2D eigenvalue weighted by molar-refractivity contribution is -0.116. The molecule has 0 radical (unpaired) electrons. The van der Waals surface area contributed by atoms with Gasteiger partial charge in [0.1, 0.15) is 24.5 Å². The number of methoxy groups -OCH3 is 1. The number of para-hydroxylation sites is 1. The summed E-state index contributed by atoms with van der Waals surface area (Å²) in [5.74, 6) is 0.394. The predicted octanol–water partition coefficient (Wildman–Crippen LogP) is 4.51. The molecule has 2 aromatic heterocycles. The van der Waals surface area contributed by atoms with E-state index in [9.17, 15) is 9.59 Å². The highest BCUT2D eigenvalue weighted by Gasteiger charge is 2.11. The molecular weight excluding hydrogens is 578 g/mol.